The Morgan fingerprint density at radius 3 is 2.88 bits per heavy atom. The van der Waals surface area contributed by atoms with Gasteiger partial charge in [0.25, 0.3) is 0 Å². The number of methoxy groups -OCH3 is 1. The Hall–Kier alpha value is -0.690. The highest BCUT2D eigenvalue weighted by Gasteiger charge is 2.36. The summed E-state index contributed by atoms with van der Waals surface area (Å²) in [6.07, 6.45) is -0.350. The molecule has 0 aromatic heterocycles. The molecule has 1 aliphatic heterocycles. The predicted octanol–water partition coefficient (Wildman–Crippen LogP) is -1.04. The van der Waals surface area contributed by atoms with Gasteiger partial charge in [-0.3, -0.25) is 4.79 Å². The second kappa shape index (κ2) is 5.77. The number of ether oxygens (including phenoxy) is 2. The molecule has 0 aromatic rings. The zero-order chi connectivity index (χ0) is 13.1. The van der Waals surface area contributed by atoms with Crippen molar-refractivity contribution in [2.75, 3.05) is 33.4 Å². The van der Waals surface area contributed by atoms with Crippen LogP contribution in [0, 0.1) is 0 Å². The molecule has 1 fully saturated rings. The summed E-state index contributed by atoms with van der Waals surface area (Å²) >= 11 is 0. The first-order valence-electron chi connectivity index (χ1n) is 5.71. The molecule has 1 heterocycles. The van der Waals surface area contributed by atoms with Crippen LogP contribution in [0.5, 0.6) is 0 Å². The van der Waals surface area contributed by atoms with E-state index in [1.807, 2.05) is 13.8 Å². The van der Waals surface area contributed by atoms with Gasteiger partial charge in [-0.05, 0) is 13.8 Å². The third-order valence-electron chi connectivity index (χ3n) is 2.66. The number of nitrogens with zero attached hydrogens (tertiary/aromatic N) is 1. The highest BCUT2D eigenvalue weighted by atomic mass is 16.5. The van der Waals surface area contributed by atoms with E-state index in [4.69, 9.17) is 20.3 Å². The van der Waals surface area contributed by atoms with Crippen molar-refractivity contribution in [2.45, 2.75) is 31.6 Å². The number of rotatable bonds is 4. The van der Waals surface area contributed by atoms with Crippen LogP contribution in [0.1, 0.15) is 13.8 Å². The maximum atomic E-state index is 12.0. The first-order valence-corrected chi connectivity index (χ1v) is 5.71. The van der Waals surface area contributed by atoms with Gasteiger partial charge in [-0.1, -0.05) is 0 Å². The molecule has 1 aliphatic rings. The number of aliphatic hydroxyl groups excluding tert-OH is 1. The summed E-state index contributed by atoms with van der Waals surface area (Å²) in [6.45, 7) is 4.71. The van der Waals surface area contributed by atoms with Crippen LogP contribution in [0.15, 0.2) is 0 Å². The summed E-state index contributed by atoms with van der Waals surface area (Å²) in [4.78, 5) is 13.7. The van der Waals surface area contributed by atoms with Crippen molar-refractivity contribution in [2.24, 2.45) is 5.73 Å². The lowest BCUT2D eigenvalue weighted by molar-refractivity contribution is -0.168. The van der Waals surface area contributed by atoms with Gasteiger partial charge in [-0.2, -0.15) is 0 Å². The Morgan fingerprint density at radius 1 is 1.71 bits per heavy atom. The molecule has 6 heteroatoms. The summed E-state index contributed by atoms with van der Waals surface area (Å²) in [5.74, 6) is -0.165. The third kappa shape index (κ3) is 3.92. The molecule has 17 heavy (non-hydrogen) atoms. The second-order valence-corrected chi connectivity index (χ2v) is 4.96. The van der Waals surface area contributed by atoms with Gasteiger partial charge in [-0.25, -0.2) is 0 Å². The first-order chi connectivity index (χ1) is 7.89. The fourth-order valence-electron chi connectivity index (χ4n) is 2.04. The first kappa shape index (κ1) is 14.4. The quantitative estimate of drug-likeness (QED) is 0.662. The van der Waals surface area contributed by atoms with Crippen molar-refractivity contribution in [3.8, 4) is 0 Å². The maximum absolute atomic E-state index is 12.0. The summed E-state index contributed by atoms with van der Waals surface area (Å²) in [5, 5.41) is 9.15. The number of nitrogens with two attached hydrogens (primary N) is 1. The van der Waals surface area contributed by atoms with Crippen LogP contribution < -0.4 is 5.73 Å². The lowest BCUT2D eigenvalue weighted by Crippen LogP contribution is -2.59. The van der Waals surface area contributed by atoms with Crippen molar-refractivity contribution in [3.63, 3.8) is 0 Å². The summed E-state index contributed by atoms with van der Waals surface area (Å²) in [7, 11) is 1.51. The van der Waals surface area contributed by atoms with E-state index in [1.54, 1.807) is 4.90 Å². The van der Waals surface area contributed by atoms with Crippen LogP contribution in [-0.4, -0.2) is 67.1 Å². The van der Waals surface area contributed by atoms with E-state index in [1.165, 1.54) is 7.11 Å². The molecule has 0 aromatic carbocycles. The fraction of sp³-hybridized carbons (Fsp3) is 0.909. The van der Waals surface area contributed by atoms with Crippen LogP contribution in [0.2, 0.25) is 0 Å². The number of hydrogen-bond donors (Lipinski definition) is 2. The van der Waals surface area contributed by atoms with Crippen molar-refractivity contribution in [1.82, 2.24) is 4.90 Å². The monoisotopic (exact) mass is 246 g/mol. The number of carbonyl (C=O) groups is 1. The van der Waals surface area contributed by atoms with Gasteiger partial charge in [0, 0.05) is 20.2 Å². The Kier molecular flexibility index (Phi) is 4.88. The van der Waals surface area contributed by atoms with E-state index in [2.05, 4.69) is 0 Å². The van der Waals surface area contributed by atoms with E-state index in [-0.39, 0.29) is 25.2 Å². The molecule has 0 bridgehead atoms. The number of hydrogen-bond acceptors (Lipinski definition) is 5. The molecule has 1 amide bonds. The molecule has 6 nitrogen and oxygen atoms in total. The lowest BCUT2D eigenvalue weighted by atomic mass is 10.0. The highest BCUT2D eigenvalue weighted by molar-refractivity contribution is 5.82. The average molecular weight is 246 g/mol. The molecule has 1 saturated heterocycles. The molecule has 0 spiro atoms. The van der Waals surface area contributed by atoms with E-state index in [9.17, 15) is 4.79 Å². The van der Waals surface area contributed by atoms with E-state index >= 15 is 0 Å². The van der Waals surface area contributed by atoms with Crippen LogP contribution in [0.25, 0.3) is 0 Å². The SMILES string of the molecule is COCC(N)C(=O)N1CC(CO)OC(C)(C)C1. The maximum Gasteiger partial charge on any atom is 0.242 e. The Balaban J connectivity index is 2.66. The summed E-state index contributed by atoms with van der Waals surface area (Å²) in [5.41, 5.74) is 5.25. The molecular formula is C11H22N2O4. The summed E-state index contributed by atoms with van der Waals surface area (Å²) in [6, 6.07) is -0.659. The average Bonchev–Trinajstić information content (AvgIpc) is 2.26. The van der Waals surface area contributed by atoms with Crippen molar-refractivity contribution >= 4 is 5.91 Å². The molecule has 2 atom stereocenters. The molecular weight excluding hydrogens is 224 g/mol. The van der Waals surface area contributed by atoms with Gasteiger partial charge in [-0.15, -0.1) is 0 Å². The standard InChI is InChI=1S/C11H22N2O4/c1-11(2)7-13(4-8(5-14)17-11)10(15)9(12)6-16-3/h8-9,14H,4-7,12H2,1-3H3. The Labute approximate surface area is 102 Å². The number of aliphatic hydroxyl groups is 1. The minimum atomic E-state index is -0.659. The lowest BCUT2D eigenvalue weighted by Gasteiger charge is -2.42. The van der Waals surface area contributed by atoms with Crippen molar-refractivity contribution < 1.29 is 19.4 Å². The third-order valence-corrected chi connectivity index (χ3v) is 2.66. The number of morpholine rings is 1. The van der Waals surface area contributed by atoms with Crippen LogP contribution in [-0.2, 0) is 14.3 Å². The Bertz CT molecular complexity index is 270. The van der Waals surface area contributed by atoms with E-state index < -0.39 is 11.6 Å². The predicted molar refractivity (Wildman–Crippen MR) is 62.5 cm³/mol. The van der Waals surface area contributed by atoms with Gasteiger partial charge in [0.15, 0.2) is 0 Å². The fourth-order valence-corrected chi connectivity index (χ4v) is 2.04. The smallest absolute Gasteiger partial charge is 0.242 e. The zero-order valence-corrected chi connectivity index (χ0v) is 10.7. The second-order valence-electron chi connectivity index (χ2n) is 4.96. The van der Waals surface area contributed by atoms with Gasteiger partial charge in [0.1, 0.15) is 6.04 Å². The molecule has 2 unspecified atom stereocenters. The topological polar surface area (TPSA) is 85.0 Å². The van der Waals surface area contributed by atoms with E-state index in [0.717, 1.165) is 0 Å². The molecule has 3 N–H and O–H groups in total. The molecule has 0 saturated carbocycles. The zero-order valence-electron chi connectivity index (χ0n) is 10.7. The summed E-state index contributed by atoms with van der Waals surface area (Å²) < 4.78 is 10.5. The molecule has 0 radical (unpaired) electrons. The highest BCUT2D eigenvalue weighted by Crippen LogP contribution is 2.21. The normalized spacial score (nSPS) is 25.7. The molecule has 0 aliphatic carbocycles. The van der Waals surface area contributed by atoms with Crippen LogP contribution in [0.4, 0.5) is 0 Å². The Morgan fingerprint density at radius 2 is 2.35 bits per heavy atom. The van der Waals surface area contributed by atoms with Crippen LogP contribution >= 0.6 is 0 Å². The van der Waals surface area contributed by atoms with Gasteiger partial charge in [0.2, 0.25) is 5.91 Å². The molecule has 100 valence electrons. The van der Waals surface area contributed by atoms with Gasteiger partial charge in [0.05, 0.1) is 24.9 Å². The van der Waals surface area contributed by atoms with Crippen molar-refractivity contribution in [1.29, 1.82) is 0 Å². The van der Waals surface area contributed by atoms with Gasteiger partial charge >= 0.3 is 0 Å². The van der Waals surface area contributed by atoms with E-state index in [0.29, 0.717) is 13.1 Å². The minimum Gasteiger partial charge on any atom is -0.394 e. The molecule has 1 rings (SSSR count). The number of amides is 1. The number of carbonyl (C=O) groups excluding carboxylic acids is 1. The van der Waals surface area contributed by atoms with Crippen molar-refractivity contribution in [3.05, 3.63) is 0 Å². The van der Waals surface area contributed by atoms with Crippen LogP contribution in [0.3, 0.4) is 0 Å². The van der Waals surface area contributed by atoms with Gasteiger partial charge < -0.3 is 25.2 Å². The largest absolute Gasteiger partial charge is 0.394 e. The minimum absolute atomic E-state index is 0.104.